The van der Waals surface area contributed by atoms with Gasteiger partial charge in [0.1, 0.15) is 5.00 Å². The van der Waals surface area contributed by atoms with Crippen molar-refractivity contribution in [2.45, 2.75) is 46.5 Å². The van der Waals surface area contributed by atoms with Crippen LogP contribution in [-0.2, 0) is 17.6 Å². The van der Waals surface area contributed by atoms with E-state index < -0.39 is 5.91 Å². The SMILES string of the molecule is CC[N+](CC)(CC)CC(=O)Nc1sc2c(c1C(N)=O)CCCC2. The van der Waals surface area contributed by atoms with Crippen LogP contribution in [-0.4, -0.2) is 42.5 Å². The molecule has 0 saturated carbocycles. The lowest BCUT2D eigenvalue weighted by Crippen LogP contribution is -2.51. The molecule has 0 atom stereocenters. The molecule has 1 aromatic heterocycles. The normalized spacial score (nSPS) is 14.4. The maximum absolute atomic E-state index is 12.5. The molecule has 3 N–H and O–H groups in total. The van der Waals surface area contributed by atoms with Gasteiger partial charge >= 0.3 is 0 Å². The summed E-state index contributed by atoms with van der Waals surface area (Å²) in [4.78, 5) is 25.6. The number of aryl methyl sites for hydroxylation is 1. The van der Waals surface area contributed by atoms with E-state index in [1.165, 1.54) is 16.2 Å². The molecule has 1 aliphatic carbocycles. The molecule has 0 saturated heterocycles. The fraction of sp³-hybridized carbons (Fsp3) is 0.647. The Balaban J connectivity index is 2.21. The first-order valence-corrected chi connectivity index (χ1v) is 9.37. The molecule has 0 unspecified atom stereocenters. The van der Waals surface area contributed by atoms with Crippen molar-refractivity contribution in [2.75, 3.05) is 31.5 Å². The first-order chi connectivity index (χ1) is 11.0. The number of hydrogen-bond donors (Lipinski definition) is 2. The number of thiophene rings is 1. The zero-order valence-electron chi connectivity index (χ0n) is 14.4. The number of anilines is 1. The summed E-state index contributed by atoms with van der Waals surface area (Å²) in [5.41, 5.74) is 7.18. The number of nitrogens with zero attached hydrogens (tertiary/aromatic N) is 1. The number of primary amides is 1. The Labute approximate surface area is 142 Å². The molecule has 6 heteroatoms. The number of carbonyl (C=O) groups is 2. The molecule has 2 amide bonds. The smallest absolute Gasteiger partial charge is 0.280 e. The number of quaternary nitrogens is 1. The molecule has 0 aliphatic heterocycles. The number of nitrogens with one attached hydrogen (secondary N) is 1. The number of amides is 2. The Kier molecular flexibility index (Phi) is 5.81. The van der Waals surface area contributed by atoms with E-state index in [0.717, 1.165) is 55.4 Å². The van der Waals surface area contributed by atoms with Crippen molar-refractivity contribution in [2.24, 2.45) is 5.73 Å². The standard InChI is InChI=1S/C17H27N3O2S/c1-4-20(5-2,6-3)11-14(21)19-17-15(16(18)22)12-9-7-8-10-13(12)23-17/h4-11H2,1-3H3,(H2-,18,19,21,22)/p+1. The van der Waals surface area contributed by atoms with Gasteiger partial charge < -0.3 is 15.5 Å². The Hall–Kier alpha value is -1.40. The summed E-state index contributed by atoms with van der Waals surface area (Å²) in [7, 11) is 0. The third-order valence-electron chi connectivity index (χ3n) is 5.16. The minimum atomic E-state index is -0.429. The van der Waals surface area contributed by atoms with E-state index in [-0.39, 0.29) is 5.91 Å². The number of hydrogen-bond acceptors (Lipinski definition) is 3. The molecule has 0 bridgehead atoms. The predicted octanol–water partition coefficient (Wildman–Crippen LogP) is 2.54. The number of fused-ring (bicyclic) bond motifs is 1. The van der Waals surface area contributed by atoms with Crippen LogP contribution in [0.25, 0.3) is 0 Å². The first kappa shape index (κ1) is 17.9. The minimum Gasteiger partial charge on any atom is -0.365 e. The highest BCUT2D eigenvalue weighted by atomic mass is 32.1. The largest absolute Gasteiger partial charge is 0.365 e. The molecule has 0 fully saturated rings. The van der Waals surface area contributed by atoms with Crippen LogP contribution in [0.3, 0.4) is 0 Å². The Morgan fingerprint density at radius 1 is 1.13 bits per heavy atom. The maximum atomic E-state index is 12.5. The topological polar surface area (TPSA) is 72.2 Å². The van der Waals surface area contributed by atoms with Gasteiger partial charge in [-0.3, -0.25) is 9.59 Å². The monoisotopic (exact) mass is 338 g/mol. The van der Waals surface area contributed by atoms with Gasteiger partial charge in [0.2, 0.25) is 0 Å². The van der Waals surface area contributed by atoms with Crippen molar-refractivity contribution < 1.29 is 14.1 Å². The lowest BCUT2D eigenvalue weighted by atomic mass is 9.95. The summed E-state index contributed by atoms with van der Waals surface area (Å²) in [6, 6.07) is 0. The molecule has 23 heavy (non-hydrogen) atoms. The third-order valence-corrected chi connectivity index (χ3v) is 6.37. The molecule has 1 heterocycles. The number of nitrogens with two attached hydrogens (primary N) is 1. The number of rotatable bonds is 7. The van der Waals surface area contributed by atoms with E-state index in [1.54, 1.807) is 0 Å². The van der Waals surface area contributed by atoms with Gasteiger partial charge in [0.05, 0.1) is 25.2 Å². The van der Waals surface area contributed by atoms with E-state index in [1.807, 2.05) is 0 Å². The second kappa shape index (κ2) is 7.45. The van der Waals surface area contributed by atoms with Crippen LogP contribution >= 0.6 is 11.3 Å². The van der Waals surface area contributed by atoms with Gasteiger partial charge in [-0.1, -0.05) is 0 Å². The highest BCUT2D eigenvalue weighted by Gasteiger charge is 2.28. The average molecular weight is 338 g/mol. The summed E-state index contributed by atoms with van der Waals surface area (Å²) in [6.45, 7) is 9.53. The van der Waals surface area contributed by atoms with E-state index in [2.05, 4.69) is 26.1 Å². The predicted molar refractivity (Wildman–Crippen MR) is 94.9 cm³/mol. The Morgan fingerprint density at radius 3 is 2.30 bits per heavy atom. The zero-order valence-corrected chi connectivity index (χ0v) is 15.2. The number of likely N-dealkylation sites (N-methyl/N-ethyl adjacent to an activating group) is 1. The van der Waals surface area contributed by atoms with Crippen LogP contribution in [0.5, 0.6) is 0 Å². The van der Waals surface area contributed by atoms with Crippen LogP contribution < -0.4 is 11.1 Å². The summed E-state index contributed by atoms with van der Waals surface area (Å²) >= 11 is 1.53. The summed E-state index contributed by atoms with van der Waals surface area (Å²) in [6.07, 6.45) is 4.09. The fourth-order valence-corrected chi connectivity index (χ4v) is 4.70. The lowest BCUT2D eigenvalue weighted by molar-refractivity contribution is -0.915. The first-order valence-electron chi connectivity index (χ1n) is 8.55. The maximum Gasteiger partial charge on any atom is 0.280 e. The average Bonchev–Trinajstić information content (AvgIpc) is 2.90. The van der Waals surface area contributed by atoms with Gasteiger partial charge in [-0.15, -0.1) is 11.3 Å². The molecule has 0 spiro atoms. The third kappa shape index (κ3) is 3.75. The van der Waals surface area contributed by atoms with Crippen LogP contribution in [0.2, 0.25) is 0 Å². The van der Waals surface area contributed by atoms with Crippen LogP contribution in [0.15, 0.2) is 0 Å². The molecular weight excluding hydrogens is 310 g/mol. The van der Waals surface area contributed by atoms with Gasteiger partial charge in [0.25, 0.3) is 11.8 Å². The van der Waals surface area contributed by atoms with Crippen molar-refractivity contribution in [1.82, 2.24) is 0 Å². The van der Waals surface area contributed by atoms with Gasteiger partial charge in [-0.25, -0.2) is 0 Å². The van der Waals surface area contributed by atoms with Gasteiger partial charge in [0.15, 0.2) is 6.54 Å². The van der Waals surface area contributed by atoms with Crippen LogP contribution in [0.4, 0.5) is 5.00 Å². The molecule has 128 valence electrons. The second-order valence-electron chi connectivity index (χ2n) is 6.28. The second-order valence-corrected chi connectivity index (χ2v) is 7.38. The van der Waals surface area contributed by atoms with E-state index in [4.69, 9.17) is 5.73 Å². The van der Waals surface area contributed by atoms with Crippen molar-refractivity contribution in [3.05, 3.63) is 16.0 Å². The van der Waals surface area contributed by atoms with Crippen LogP contribution in [0, 0.1) is 0 Å². The van der Waals surface area contributed by atoms with Gasteiger partial charge in [-0.05, 0) is 52.0 Å². The summed E-state index contributed by atoms with van der Waals surface area (Å²) in [5, 5.41) is 3.62. The summed E-state index contributed by atoms with van der Waals surface area (Å²) < 4.78 is 0.753. The lowest BCUT2D eigenvalue weighted by Gasteiger charge is -2.34. The molecule has 1 aliphatic rings. The molecule has 5 nitrogen and oxygen atoms in total. The van der Waals surface area contributed by atoms with Crippen LogP contribution in [0.1, 0.15) is 54.4 Å². The Morgan fingerprint density at radius 2 is 1.74 bits per heavy atom. The van der Waals surface area contributed by atoms with E-state index in [9.17, 15) is 9.59 Å². The molecule has 1 aromatic rings. The molecule has 0 radical (unpaired) electrons. The van der Waals surface area contributed by atoms with E-state index >= 15 is 0 Å². The number of carbonyl (C=O) groups excluding carboxylic acids is 2. The van der Waals surface area contributed by atoms with Gasteiger partial charge in [0, 0.05) is 4.88 Å². The highest BCUT2D eigenvalue weighted by molar-refractivity contribution is 7.17. The Bertz CT molecular complexity index is 583. The van der Waals surface area contributed by atoms with Crippen molar-refractivity contribution >= 4 is 28.2 Å². The zero-order chi connectivity index (χ0) is 17.0. The van der Waals surface area contributed by atoms with Crippen molar-refractivity contribution in [3.8, 4) is 0 Å². The van der Waals surface area contributed by atoms with Crippen molar-refractivity contribution in [1.29, 1.82) is 0 Å². The molecule has 0 aromatic carbocycles. The molecule has 2 rings (SSSR count). The molecular formula is C17H28N3O2S+. The fourth-order valence-electron chi connectivity index (χ4n) is 3.39. The highest BCUT2D eigenvalue weighted by Crippen LogP contribution is 2.37. The van der Waals surface area contributed by atoms with E-state index in [0.29, 0.717) is 17.1 Å². The minimum absolute atomic E-state index is 0.0309. The van der Waals surface area contributed by atoms with Crippen molar-refractivity contribution in [3.63, 3.8) is 0 Å². The van der Waals surface area contributed by atoms with Gasteiger partial charge in [-0.2, -0.15) is 0 Å². The summed E-state index contributed by atoms with van der Waals surface area (Å²) in [5.74, 6) is -0.460. The quantitative estimate of drug-likeness (QED) is 0.750.